The van der Waals surface area contributed by atoms with Gasteiger partial charge in [0, 0.05) is 11.4 Å². The summed E-state index contributed by atoms with van der Waals surface area (Å²) in [6.07, 6.45) is 3.09. The number of aryl methyl sites for hydroxylation is 1. The van der Waals surface area contributed by atoms with Gasteiger partial charge in [0.25, 0.3) is 5.91 Å². The number of anilines is 2. The molecule has 0 aromatic heterocycles. The van der Waals surface area contributed by atoms with Crippen LogP contribution in [0.2, 0.25) is 5.02 Å². The molecule has 0 bridgehead atoms. The van der Waals surface area contributed by atoms with E-state index >= 15 is 0 Å². The van der Waals surface area contributed by atoms with E-state index in [-0.39, 0.29) is 29.0 Å². The summed E-state index contributed by atoms with van der Waals surface area (Å²) in [4.78, 5) is 36.8. The van der Waals surface area contributed by atoms with E-state index in [1.807, 2.05) is 31.2 Å². The molecule has 3 rings (SSSR count). The molecular weight excluding hydrogens is 548 g/mol. The Bertz CT molecular complexity index is 1360. The molecule has 3 aromatic carbocycles. The second kappa shape index (κ2) is 15.9. The molecule has 0 radical (unpaired) electrons. The van der Waals surface area contributed by atoms with Crippen molar-refractivity contribution in [3.8, 4) is 17.2 Å². The van der Waals surface area contributed by atoms with E-state index in [0.717, 1.165) is 18.4 Å². The van der Waals surface area contributed by atoms with Crippen molar-refractivity contribution >= 4 is 46.9 Å². The molecule has 0 aliphatic rings. The Morgan fingerprint density at radius 3 is 2.20 bits per heavy atom. The first kappa shape index (κ1) is 31.0. The summed E-state index contributed by atoms with van der Waals surface area (Å²) in [6.45, 7) is 6.46. The predicted octanol–water partition coefficient (Wildman–Crippen LogP) is 5.20. The van der Waals surface area contributed by atoms with Crippen molar-refractivity contribution in [2.45, 2.75) is 33.6 Å². The van der Waals surface area contributed by atoms with Gasteiger partial charge in [-0.3, -0.25) is 14.4 Å². The molecule has 0 aliphatic heterocycles. The summed E-state index contributed by atoms with van der Waals surface area (Å²) in [5.74, 6) is -1.06. The van der Waals surface area contributed by atoms with Crippen LogP contribution in [0, 0.1) is 0 Å². The third-order valence-electron chi connectivity index (χ3n) is 5.50. The van der Waals surface area contributed by atoms with Gasteiger partial charge in [-0.25, -0.2) is 5.43 Å². The average Bonchev–Trinajstić information content (AvgIpc) is 2.97. The van der Waals surface area contributed by atoms with E-state index in [2.05, 4.69) is 28.1 Å². The third kappa shape index (κ3) is 9.84. The number of halogens is 1. The maximum atomic E-state index is 12.4. The summed E-state index contributed by atoms with van der Waals surface area (Å²) < 4.78 is 16.8. The molecule has 0 atom stereocenters. The maximum absolute atomic E-state index is 12.4. The van der Waals surface area contributed by atoms with Gasteiger partial charge in [-0.05, 0) is 79.4 Å². The van der Waals surface area contributed by atoms with Crippen LogP contribution >= 0.6 is 11.6 Å². The number of nitrogens with one attached hydrogen (secondary N) is 3. The summed E-state index contributed by atoms with van der Waals surface area (Å²) in [5.41, 5.74) is 4.90. The highest BCUT2D eigenvalue weighted by molar-refractivity contribution is 6.39. The Hall–Kier alpha value is -4.57. The molecule has 0 fully saturated rings. The standard InChI is InChI=1S/C30H33ClN4O6/c1-4-15-40-24-13-11-23(12-14-24)34-29(37)30(38)35-32-18-21-16-25(31)28(26(17-21)39-6-3)41-19-27(36)33-22-9-7-20(5-2)8-10-22/h7-14,16-18H,4-6,15,19H2,1-3H3,(H,33,36)(H,34,37)(H,35,38)/b32-18-. The molecule has 3 amide bonds. The number of hydrogen-bond acceptors (Lipinski definition) is 7. The number of ether oxygens (including phenoxy) is 3. The van der Waals surface area contributed by atoms with Gasteiger partial charge < -0.3 is 24.8 Å². The summed E-state index contributed by atoms with van der Waals surface area (Å²) in [5, 5.41) is 9.27. The molecule has 0 unspecified atom stereocenters. The van der Waals surface area contributed by atoms with Crippen LogP contribution in [0.4, 0.5) is 11.4 Å². The first-order chi connectivity index (χ1) is 19.8. The SMILES string of the molecule is CCCOc1ccc(NC(=O)C(=O)N/N=C\c2cc(Cl)c(OCC(=O)Nc3ccc(CC)cc3)c(OCC)c2)cc1. The Labute approximate surface area is 244 Å². The first-order valence-electron chi connectivity index (χ1n) is 13.2. The average molecular weight is 581 g/mol. The molecular formula is C30H33ClN4O6. The van der Waals surface area contributed by atoms with E-state index < -0.39 is 11.8 Å². The monoisotopic (exact) mass is 580 g/mol. The summed E-state index contributed by atoms with van der Waals surface area (Å²) in [6, 6.07) is 17.3. The molecule has 0 saturated heterocycles. The van der Waals surface area contributed by atoms with Crippen LogP contribution in [0.3, 0.4) is 0 Å². The van der Waals surface area contributed by atoms with Gasteiger partial charge in [-0.2, -0.15) is 5.10 Å². The van der Waals surface area contributed by atoms with Crippen molar-refractivity contribution in [3.05, 3.63) is 76.8 Å². The van der Waals surface area contributed by atoms with Crippen molar-refractivity contribution in [2.75, 3.05) is 30.5 Å². The third-order valence-corrected chi connectivity index (χ3v) is 5.78. The van der Waals surface area contributed by atoms with E-state index in [1.165, 1.54) is 12.3 Å². The van der Waals surface area contributed by atoms with Crippen LogP contribution in [-0.4, -0.2) is 43.8 Å². The molecule has 216 valence electrons. The smallest absolute Gasteiger partial charge is 0.329 e. The zero-order valence-corrected chi connectivity index (χ0v) is 23.9. The summed E-state index contributed by atoms with van der Waals surface area (Å²) in [7, 11) is 0. The number of carbonyl (C=O) groups excluding carboxylic acids is 3. The lowest BCUT2D eigenvalue weighted by molar-refractivity contribution is -0.136. The van der Waals surface area contributed by atoms with Crippen LogP contribution in [0.25, 0.3) is 0 Å². The van der Waals surface area contributed by atoms with E-state index in [1.54, 1.807) is 37.3 Å². The molecule has 0 aliphatic carbocycles. The first-order valence-corrected chi connectivity index (χ1v) is 13.6. The van der Waals surface area contributed by atoms with Crippen molar-refractivity contribution in [1.82, 2.24) is 5.43 Å². The second-order valence-electron chi connectivity index (χ2n) is 8.68. The Balaban J connectivity index is 1.56. The number of benzene rings is 3. The Morgan fingerprint density at radius 1 is 0.854 bits per heavy atom. The number of hydrogen-bond donors (Lipinski definition) is 3. The van der Waals surface area contributed by atoms with Gasteiger partial charge in [0.2, 0.25) is 0 Å². The fourth-order valence-electron chi connectivity index (χ4n) is 3.48. The number of carbonyl (C=O) groups is 3. The zero-order chi connectivity index (χ0) is 29.6. The van der Waals surface area contributed by atoms with Crippen molar-refractivity contribution in [3.63, 3.8) is 0 Å². The highest BCUT2D eigenvalue weighted by Gasteiger charge is 2.16. The quantitative estimate of drug-likeness (QED) is 0.145. The molecule has 0 spiro atoms. The fraction of sp³-hybridized carbons (Fsp3) is 0.267. The molecule has 3 N–H and O–H groups in total. The van der Waals surface area contributed by atoms with Crippen LogP contribution in [-0.2, 0) is 20.8 Å². The molecule has 11 heteroatoms. The number of nitrogens with zero attached hydrogens (tertiary/aromatic N) is 1. The fourth-order valence-corrected chi connectivity index (χ4v) is 3.76. The Morgan fingerprint density at radius 2 is 1.54 bits per heavy atom. The van der Waals surface area contributed by atoms with Gasteiger partial charge in [0.05, 0.1) is 24.5 Å². The van der Waals surface area contributed by atoms with Crippen LogP contribution in [0.1, 0.15) is 38.3 Å². The van der Waals surface area contributed by atoms with E-state index in [4.69, 9.17) is 25.8 Å². The van der Waals surface area contributed by atoms with Gasteiger partial charge >= 0.3 is 11.8 Å². The molecule has 3 aromatic rings. The zero-order valence-electron chi connectivity index (χ0n) is 23.2. The normalized spacial score (nSPS) is 10.6. The summed E-state index contributed by atoms with van der Waals surface area (Å²) >= 11 is 6.41. The van der Waals surface area contributed by atoms with Crippen molar-refractivity contribution < 1.29 is 28.6 Å². The number of rotatable bonds is 13. The molecule has 0 heterocycles. The lowest BCUT2D eigenvalue weighted by Gasteiger charge is -2.14. The van der Waals surface area contributed by atoms with Gasteiger partial charge in [0.1, 0.15) is 5.75 Å². The minimum absolute atomic E-state index is 0.174. The lowest BCUT2D eigenvalue weighted by atomic mass is 10.1. The number of hydrazone groups is 1. The number of amides is 3. The van der Waals surface area contributed by atoms with Gasteiger partial charge in [-0.15, -0.1) is 0 Å². The Kier molecular flexibility index (Phi) is 12.0. The lowest BCUT2D eigenvalue weighted by Crippen LogP contribution is -2.32. The maximum Gasteiger partial charge on any atom is 0.329 e. The van der Waals surface area contributed by atoms with Crippen LogP contribution in [0.15, 0.2) is 65.8 Å². The van der Waals surface area contributed by atoms with E-state index in [9.17, 15) is 14.4 Å². The highest BCUT2D eigenvalue weighted by atomic mass is 35.5. The van der Waals surface area contributed by atoms with Gasteiger partial charge in [0.15, 0.2) is 18.1 Å². The minimum atomic E-state index is -0.959. The van der Waals surface area contributed by atoms with Crippen molar-refractivity contribution in [2.24, 2.45) is 5.10 Å². The van der Waals surface area contributed by atoms with Crippen LogP contribution < -0.4 is 30.3 Å². The molecule has 0 saturated carbocycles. The highest BCUT2D eigenvalue weighted by Crippen LogP contribution is 2.36. The van der Waals surface area contributed by atoms with Gasteiger partial charge in [-0.1, -0.05) is 37.6 Å². The topological polar surface area (TPSA) is 127 Å². The molecule has 41 heavy (non-hydrogen) atoms. The van der Waals surface area contributed by atoms with Crippen molar-refractivity contribution in [1.29, 1.82) is 0 Å². The largest absolute Gasteiger partial charge is 0.494 e. The van der Waals surface area contributed by atoms with Crippen LogP contribution in [0.5, 0.6) is 17.2 Å². The molecule has 10 nitrogen and oxygen atoms in total. The van der Waals surface area contributed by atoms with E-state index in [0.29, 0.717) is 35.9 Å². The predicted molar refractivity (Wildman–Crippen MR) is 159 cm³/mol. The minimum Gasteiger partial charge on any atom is -0.494 e. The second-order valence-corrected chi connectivity index (χ2v) is 9.08.